The van der Waals surface area contributed by atoms with Crippen LogP contribution in [0.25, 0.3) is 0 Å². The molecule has 2 fully saturated rings. The largest absolute Gasteiger partial charge is 0.376 e. The first-order valence-corrected chi connectivity index (χ1v) is 10.8. The Morgan fingerprint density at radius 1 is 1.11 bits per heavy atom. The number of hydrogen-bond acceptors (Lipinski definition) is 4. The van der Waals surface area contributed by atoms with Crippen LogP contribution in [0, 0.1) is 5.82 Å². The molecule has 2 saturated heterocycles. The Balaban J connectivity index is 1.54. The molecule has 1 aromatic rings. The maximum atomic E-state index is 13.1. The van der Waals surface area contributed by atoms with Gasteiger partial charge in [-0.1, -0.05) is 0 Å². The van der Waals surface area contributed by atoms with Crippen LogP contribution < -0.4 is 5.32 Å². The predicted molar refractivity (Wildman–Crippen MR) is 98.3 cm³/mol. The van der Waals surface area contributed by atoms with E-state index in [1.54, 1.807) is 4.90 Å². The molecule has 9 heteroatoms. The minimum atomic E-state index is -3.69. The number of carbonyl (C=O) groups is 1. The maximum Gasteiger partial charge on any atom is 0.317 e. The van der Waals surface area contributed by atoms with Gasteiger partial charge in [0.25, 0.3) is 0 Å². The molecule has 0 bridgehead atoms. The van der Waals surface area contributed by atoms with Crippen molar-refractivity contribution in [3.63, 3.8) is 0 Å². The second kappa shape index (κ2) is 8.99. The quantitative estimate of drug-likeness (QED) is 0.837. The van der Waals surface area contributed by atoms with Gasteiger partial charge in [0, 0.05) is 39.3 Å². The van der Waals surface area contributed by atoms with E-state index in [2.05, 4.69) is 5.32 Å². The molecule has 1 atom stereocenters. The number of nitrogens with one attached hydrogen (secondary N) is 1. The molecule has 1 aromatic carbocycles. The van der Waals surface area contributed by atoms with Gasteiger partial charge in [0.05, 0.1) is 11.0 Å². The first kappa shape index (κ1) is 20.0. The van der Waals surface area contributed by atoms with E-state index >= 15 is 0 Å². The summed E-state index contributed by atoms with van der Waals surface area (Å²) in [6, 6.07) is 4.62. The van der Waals surface area contributed by atoms with Crippen LogP contribution in [0.5, 0.6) is 0 Å². The fourth-order valence-electron chi connectivity index (χ4n) is 3.37. The average Bonchev–Trinajstić information content (AvgIpc) is 2.94. The van der Waals surface area contributed by atoms with E-state index in [1.165, 1.54) is 16.4 Å². The lowest BCUT2D eigenvalue weighted by atomic mass is 10.1. The Morgan fingerprint density at radius 2 is 1.89 bits per heavy atom. The summed E-state index contributed by atoms with van der Waals surface area (Å²) in [5.41, 5.74) is 0. The molecule has 0 aliphatic carbocycles. The average molecular weight is 399 g/mol. The zero-order valence-corrected chi connectivity index (χ0v) is 16.1. The molecule has 2 heterocycles. The van der Waals surface area contributed by atoms with Gasteiger partial charge in [-0.3, -0.25) is 0 Å². The van der Waals surface area contributed by atoms with Crippen molar-refractivity contribution < 1.29 is 22.3 Å². The van der Waals surface area contributed by atoms with Gasteiger partial charge in [-0.25, -0.2) is 17.6 Å². The number of urea groups is 1. The van der Waals surface area contributed by atoms with Crippen LogP contribution in [0.1, 0.15) is 25.7 Å². The zero-order valence-electron chi connectivity index (χ0n) is 15.3. The third-order valence-corrected chi connectivity index (χ3v) is 6.86. The van der Waals surface area contributed by atoms with Gasteiger partial charge in [-0.05, 0) is 49.9 Å². The van der Waals surface area contributed by atoms with Crippen molar-refractivity contribution in [3.8, 4) is 0 Å². The zero-order chi connectivity index (χ0) is 19.3. The molecule has 2 aliphatic heterocycles. The predicted octanol–water partition coefficient (Wildman–Crippen LogP) is 1.80. The summed E-state index contributed by atoms with van der Waals surface area (Å²) in [4.78, 5) is 14.1. The molecule has 0 spiro atoms. The summed E-state index contributed by atoms with van der Waals surface area (Å²) in [5.74, 6) is -0.477. The highest BCUT2D eigenvalue weighted by molar-refractivity contribution is 7.89. The molecule has 0 aromatic heterocycles. The van der Waals surface area contributed by atoms with Crippen LogP contribution in [0.3, 0.4) is 0 Å². The summed E-state index contributed by atoms with van der Waals surface area (Å²) in [5, 5.41) is 2.89. The van der Waals surface area contributed by atoms with Gasteiger partial charge in [-0.2, -0.15) is 4.31 Å². The van der Waals surface area contributed by atoms with Crippen LogP contribution in [-0.4, -0.2) is 69.1 Å². The van der Waals surface area contributed by atoms with E-state index in [9.17, 15) is 17.6 Å². The second-order valence-corrected chi connectivity index (χ2v) is 8.81. The summed E-state index contributed by atoms with van der Waals surface area (Å²) >= 11 is 0. The lowest BCUT2D eigenvalue weighted by Gasteiger charge is -2.26. The molecule has 0 radical (unpaired) electrons. The Labute approximate surface area is 159 Å². The van der Waals surface area contributed by atoms with Crippen molar-refractivity contribution >= 4 is 16.1 Å². The molecule has 27 heavy (non-hydrogen) atoms. The van der Waals surface area contributed by atoms with E-state index in [4.69, 9.17) is 4.74 Å². The van der Waals surface area contributed by atoms with Crippen molar-refractivity contribution in [2.24, 2.45) is 0 Å². The van der Waals surface area contributed by atoms with Crippen molar-refractivity contribution in [3.05, 3.63) is 30.1 Å². The summed E-state index contributed by atoms with van der Waals surface area (Å²) in [6.07, 6.45) is 3.73. The highest BCUT2D eigenvalue weighted by Gasteiger charge is 2.28. The first-order chi connectivity index (χ1) is 13.0. The molecule has 2 aliphatic rings. The van der Waals surface area contributed by atoms with E-state index in [-0.39, 0.29) is 23.6 Å². The summed E-state index contributed by atoms with van der Waals surface area (Å²) < 4.78 is 45.5. The molecule has 7 nitrogen and oxygen atoms in total. The molecular weight excluding hydrogens is 373 g/mol. The Morgan fingerprint density at radius 3 is 2.59 bits per heavy atom. The number of rotatable bonds is 4. The Kier molecular flexibility index (Phi) is 6.67. The van der Waals surface area contributed by atoms with E-state index in [0.29, 0.717) is 32.6 Å². The number of hydrogen-bond donors (Lipinski definition) is 1. The molecule has 0 saturated carbocycles. The molecule has 1 unspecified atom stereocenters. The molecule has 150 valence electrons. The van der Waals surface area contributed by atoms with Crippen LogP contribution in [0.15, 0.2) is 29.2 Å². The van der Waals surface area contributed by atoms with Gasteiger partial charge in [0.1, 0.15) is 5.82 Å². The number of sulfonamides is 1. The van der Waals surface area contributed by atoms with Crippen LogP contribution in [-0.2, 0) is 14.8 Å². The SMILES string of the molecule is O=C(NCC1CCCCO1)N1CCCN(S(=O)(=O)c2ccc(F)cc2)CC1. The van der Waals surface area contributed by atoms with Gasteiger partial charge in [0.2, 0.25) is 10.0 Å². The van der Waals surface area contributed by atoms with Gasteiger partial charge in [-0.15, -0.1) is 0 Å². The fourth-order valence-corrected chi connectivity index (χ4v) is 4.84. The standard InChI is InChI=1S/C18H26FN3O4S/c19-15-5-7-17(8-6-15)27(24,25)22-10-3-9-21(11-12-22)18(23)20-14-16-4-1-2-13-26-16/h5-8,16H,1-4,9-14H2,(H,20,23). The van der Waals surface area contributed by atoms with E-state index < -0.39 is 15.8 Å². The van der Waals surface area contributed by atoms with Crippen LogP contribution in [0.2, 0.25) is 0 Å². The number of ether oxygens (including phenoxy) is 1. The van der Waals surface area contributed by atoms with Crippen LogP contribution >= 0.6 is 0 Å². The van der Waals surface area contributed by atoms with Crippen LogP contribution in [0.4, 0.5) is 9.18 Å². The molecule has 1 N–H and O–H groups in total. The third-order valence-electron chi connectivity index (χ3n) is 4.95. The van der Waals surface area contributed by atoms with Gasteiger partial charge in [0.15, 0.2) is 0 Å². The monoisotopic (exact) mass is 399 g/mol. The lowest BCUT2D eigenvalue weighted by molar-refractivity contribution is 0.0178. The molecular formula is C18H26FN3O4S. The highest BCUT2D eigenvalue weighted by atomic mass is 32.2. The van der Waals surface area contributed by atoms with Crippen molar-refractivity contribution in [1.29, 1.82) is 0 Å². The number of halogens is 1. The van der Waals surface area contributed by atoms with Crippen molar-refractivity contribution in [2.75, 3.05) is 39.3 Å². The lowest BCUT2D eigenvalue weighted by Crippen LogP contribution is -2.45. The highest BCUT2D eigenvalue weighted by Crippen LogP contribution is 2.18. The fraction of sp³-hybridized carbons (Fsp3) is 0.611. The number of benzene rings is 1. The minimum absolute atomic E-state index is 0.0602. The molecule has 2 amide bonds. The van der Waals surface area contributed by atoms with Gasteiger partial charge >= 0.3 is 6.03 Å². The normalized spacial score (nSPS) is 22.3. The minimum Gasteiger partial charge on any atom is -0.376 e. The second-order valence-electron chi connectivity index (χ2n) is 6.87. The number of amides is 2. The van der Waals surface area contributed by atoms with E-state index in [1.807, 2.05) is 0 Å². The maximum absolute atomic E-state index is 13.1. The van der Waals surface area contributed by atoms with Gasteiger partial charge < -0.3 is 15.0 Å². The number of nitrogens with zero attached hydrogens (tertiary/aromatic N) is 2. The van der Waals surface area contributed by atoms with Crippen molar-refractivity contribution in [2.45, 2.75) is 36.7 Å². The smallest absolute Gasteiger partial charge is 0.317 e. The summed E-state index contributed by atoms with van der Waals surface area (Å²) in [7, 11) is -3.69. The summed E-state index contributed by atoms with van der Waals surface area (Å²) in [6.45, 7) is 2.57. The number of carbonyl (C=O) groups excluding carboxylic acids is 1. The third kappa shape index (κ3) is 5.18. The topological polar surface area (TPSA) is 79.0 Å². The van der Waals surface area contributed by atoms with Crippen molar-refractivity contribution in [1.82, 2.24) is 14.5 Å². The Bertz CT molecular complexity index is 735. The Hall–Kier alpha value is -1.71. The van der Waals surface area contributed by atoms with E-state index in [0.717, 1.165) is 38.0 Å². The molecule has 3 rings (SSSR count). The first-order valence-electron chi connectivity index (χ1n) is 9.37.